The van der Waals surface area contributed by atoms with Crippen LogP contribution < -0.4 is 10.3 Å². The fraction of sp³-hybridized carbons (Fsp3) is 0.609. The Hall–Kier alpha value is -1.50. The summed E-state index contributed by atoms with van der Waals surface area (Å²) in [5.41, 5.74) is 1.56. The van der Waals surface area contributed by atoms with E-state index in [-0.39, 0.29) is 11.2 Å². The van der Waals surface area contributed by atoms with Crippen LogP contribution in [-0.4, -0.2) is 32.1 Å². The Balaban J connectivity index is 1.46. The molecule has 3 aliphatic rings. The van der Waals surface area contributed by atoms with Gasteiger partial charge in [-0.2, -0.15) is 0 Å². The first-order chi connectivity index (χ1) is 14.1. The van der Waals surface area contributed by atoms with E-state index in [0.29, 0.717) is 30.1 Å². The molecular formula is C23H28FNO3S. The number of anilines is 1. The van der Waals surface area contributed by atoms with Gasteiger partial charge in [-0.25, -0.2) is 4.39 Å². The maximum atomic E-state index is 15.0. The summed E-state index contributed by atoms with van der Waals surface area (Å²) in [5, 5.41) is 0.539. The van der Waals surface area contributed by atoms with E-state index in [1.54, 1.807) is 11.3 Å². The summed E-state index contributed by atoms with van der Waals surface area (Å²) < 4.78 is 27.8. The van der Waals surface area contributed by atoms with Crippen LogP contribution in [0.1, 0.15) is 49.5 Å². The van der Waals surface area contributed by atoms with E-state index in [0.717, 1.165) is 68.4 Å². The zero-order valence-electron chi connectivity index (χ0n) is 17.0. The average Bonchev–Trinajstić information content (AvgIpc) is 2.75. The molecule has 2 fully saturated rings. The monoisotopic (exact) mass is 417 g/mol. The van der Waals surface area contributed by atoms with E-state index in [1.807, 2.05) is 6.07 Å². The minimum Gasteiger partial charge on any atom is -0.369 e. The lowest BCUT2D eigenvalue weighted by Crippen LogP contribution is -2.50. The van der Waals surface area contributed by atoms with Crippen molar-refractivity contribution in [1.29, 1.82) is 0 Å². The summed E-state index contributed by atoms with van der Waals surface area (Å²) in [4.78, 5) is 16.3. The first kappa shape index (κ1) is 19.5. The van der Waals surface area contributed by atoms with Gasteiger partial charge in [0.25, 0.3) is 0 Å². The van der Waals surface area contributed by atoms with Crippen LogP contribution in [-0.2, 0) is 22.3 Å². The third-order valence-electron chi connectivity index (χ3n) is 6.88. The number of rotatable bonds is 2. The quantitative estimate of drug-likeness (QED) is 0.713. The third-order valence-corrected chi connectivity index (χ3v) is 8.09. The van der Waals surface area contributed by atoms with Crippen LogP contribution in [0.25, 0.3) is 10.1 Å². The molecule has 2 saturated heterocycles. The van der Waals surface area contributed by atoms with Gasteiger partial charge in [-0.05, 0) is 43.7 Å². The Bertz CT molecular complexity index is 972. The second kappa shape index (κ2) is 7.64. The van der Waals surface area contributed by atoms with Gasteiger partial charge in [0.15, 0.2) is 11.2 Å². The van der Waals surface area contributed by atoms with Gasteiger partial charge in [0.05, 0.1) is 18.9 Å². The summed E-state index contributed by atoms with van der Waals surface area (Å²) in [7, 11) is 0. The summed E-state index contributed by atoms with van der Waals surface area (Å²) in [6.45, 7) is 5.08. The molecular weight excluding hydrogens is 389 g/mol. The van der Waals surface area contributed by atoms with Gasteiger partial charge in [-0.15, -0.1) is 11.3 Å². The van der Waals surface area contributed by atoms with E-state index in [9.17, 15) is 4.79 Å². The summed E-state index contributed by atoms with van der Waals surface area (Å²) >= 11 is 1.69. The number of nitrogens with zero attached hydrogens (tertiary/aromatic N) is 1. The Morgan fingerprint density at radius 1 is 1.24 bits per heavy atom. The number of piperidine rings is 1. The van der Waals surface area contributed by atoms with Gasteiger partial charge in [0.2, 0.25) is 0 Å². The van der Waals surface area contributed by atoms with Crippen molar-refractivity contribution >= 4 is 27.1 Å². The maximum absolute atomic E-state index is 15.0. The molecule has 1 aromatic heterocycles. The Morgan fingerprint density at radius 3 is 2.72 bits per heavy atom. The van der Waals surface area contributed by atoms with Gasteiger partial charge in [-0.3, -0.25) is 4.79 Å². The zero-order chi connectivity index (χ0) is 20.0. The molecule has 1 aromatic carbocycles. The van der Waals surface area contributed by atoms with Crippen molar-refractivity contribution in [3.05, 3.63) is 38.6 Å². The molecule has 2 aromatic rings. The molecule has 5 rings (SSSR count). The Labute approximate surface area is 174 Å². The van der Waals surface area contributed by atoms with Crippen molar-refractivity contribution in [3.63, 3.8) is 0 Å². The topological polar surface area (TPSA) is 38.8 Å². The fourth-order valence-corrected chi connectivity index (χ4v) is 6.34. The molecule has 0 saturated carbocycles. The number of ether oxygens (including phenoxy) is 2. The lowest BCUT2D eigenvalue weighted by Gasteiger charge is -2.44. The minimum atomic E-state index is -0.485. The highest BCUT2D eigenvalue weighted by Gasteiger charge is 2.38. The van der Waals surface area contributed by atoms with Gasteiger partial charge >= 0.3 is 0 Å². The summed E-state index contributed by atoms with van der Waals surface area (Å²) in [6, 6.07) is 3.36. The van der Waals surface area contributed by atoms with Crippen LogP contribution in [0, 0.1) is 11.7 Å². The van der Waals surface area contributed by atoms with Gasteiger partial charge < -0.3 is 14.4 Å². The largest absolute Gasteiger partial charge is 0.369 e. The lowest BCUT2D eigenvalue weighted by atomic mass is 9.87. The van der Waals surface area contributed by atoms with Crippen molar-refractivity contribution < 1.29 is 13.9 Å². The van der Waals surface area contributed by atoms with Crippen LogP contribution >= 0.6 is 11.3 Å². The molecule has 156 valence electrons. The molecule has 4 nitrogen and oxygen atoms in total. The lowest BCUT2D eigenvalue weighted by molar-refractivity contribution is -0.275. The molecule has 1 atom stereocenters. The van der Waals surface area contributed by atoms with E-state index in [2.05, 4.69) is 11.8 Å². The highest BCUT2D eigenvalue weighted by atomic mass is 32.1. The van der Waals surface area contributed by atoms with Gasteiger partial charge in [-0.1, -0.05) is 13.3 Å². The molecule has 2 aliphatic heterocycles. The molecule has 0 N–H and O–H groups in total. The van der Waals surface area contributed by atoms with Crippen LogP contribution in [0.15, 0.2) is 16.9 Å². The van der Waals surface area contributed by atoms with Crippen molar-refractivity contribution in [2.75, 3.05) is 31.2 Å². The predicted molar refractivity (Wildman–Crippen MR) is 115 cm³/mol. The minimum absolute atomic E-state index is 0.0374. The molecule has 0 amide bonds. The first-order valence-corrected chi connectivity index (χ1v) is 11.7. The van der Waals surface area contributed by atoms with E-state index < -0.39 is 5.79 Å². The highest BCUT2D eigenvalue weighted by Crippen LogP contribution is 2.37. The maximum Gasteiger partial charge on any atom is 0.191 e. The smallest absolute Gasteiger partial charge is 0.191 e. The standard InChI is InChI=1S/C23H28FNO3S/c1-2-15-4-5-16-20(12-15)29-21-14-19(18(24)13-17(21)22(16)26)25-8-6-23(7-9-25)27-10-3-11-28-23/h13-15H,2-12H2,1H3. The summed E-state index contributed by atoms with van der Waals surface area (Å²) in [5.74, 6) is -0.129. The van der Waals surface area contributed by atoms with Crippen molar-refractivity contribution in [2.45, 2.75) is 57.7 Å². The average molecular weight is 418 g/mol. The molecule has 3 heterocycles. The second-order valence-electron chi connectivity index (χ2n) is 8.60. The summed E-state index contributed by atoms with van der Waals surface area (Å²) in [6.07, 6.45) is 6.44. The molecule has 0 radical (unpaired) electrons. The van der Waals surface area contributed by atoms with Crippen molar-refractivity contribution in [2.24, 2.45) is 5.92 Å². The number of fused-ring (bicyclic) bond motifs is 2. The number of hydrogen-bond donors (Lipinski definition) is 0. The number of benzene rings is 1. The van der Waals surface area contributed by atoms with Gasteiger partial charge in [0, 0.05) is 46.5 Å². The SMILES string of the molecule is CCC1CCc2c(sc3cc(N4CCC5(CC4)OCCCO5)c(F)cc3c2=O)C1. The molecule has 29 heavy (non-hydrogen) atoms. The van der Waals surface area contributed by atoms with Crippen LogP contribution in [0.3, 0.4) is 0 Å². The zero-order valence-corrected chi connectivity index (χ0v) is 17.8. The van der Waals surface area contributed by atoms with E-state index in [1.165, 1.54) is 10.9 Å². The van der Waals surface area contributed by atoms with Crippen molar-refractivity contribution in [1.82, 2.24) is 0 Å². The van der Waals surface area contributed by atoms with E-state index in [4.69, 9.17) is 9.47 Å². The molecule has 1 unspecified atom stereocenters. The second-order valence-corrected chi connectivity index (χ2v) is 9.73. The normalized spacial score (nSPS) is 24.1. The van der Waals surface area contributed by atoms with E-state index >= 15 is 4.39 Å². The Morgan fingerprint density at radius 2 is 2.00 bits per heavy atom. The Kier molecular flexibility index (Phi) is 5.13. The molecule has 1 aliphatic carbocycles. The first-order valence-electron chi connectivity index (χ1n) is 10.9. The predicted octanol–water partition coefficient (Wildman–Crippen LogP) is 4.65. The fourth-order valence-electron chi connectivity index (χ4n) is 5.00. The molecule has 6 heteroatoms. The van der Waals surface area contributed by atoms with Crippen LogP contribution in [0.4, 0.5) is 10.1 Å². The van der Waals surface area contributed by atoms with Gasteiger partial charge in [0.1, 0.15) is 5.82 Å². The van der Waals surface area contributed by atoms with Crippen molar-refractivity contribution in [3.8, 4) is 0 Å². The molecule has 1 spiro atoms. The number of hydrogen-bond acceptors (Lipinski definition) is 5. The molecule has 0 bridgehead atoms. The third kappa shape index (κ3) is 3.49. The van der Waals surface area contributed by atoms with Crippen LogP contribution in [0.2, 0.25) is 0 Å². The van der Waals surface area contributed by atoms with Crippen LogP contribution in [0.5, 0.6) is 0 Å². The highest BCUT2D eigenvalue weighted by molar-refractivity contribution is 7.18. The number of halogens is 1.